The van der Waals surface area contributed by atoms with Crippen molar-refractivity contribution in [3.63, 3.8) is 0 Å². The van der Waals surface area contributed by atoms with Gasteiger partial charge < -0.3 is 10.6 Å². The number of likely N-dealkylation sites (tertiary alicyclic amines) is 1. The summed E-state index contributed by atoms with van der Waals surface area (Å²) in [5.41, 5.74) is 2.26. The van der Waals surface area contributed by atoms with Gasteiger partial charge in [0.25, 0.3) is 0 Å². The van der Waals surface area contributed by atoms with Crippen LogP contribution in [0.15, 0.2) is 42.5 Å². The number of benzene rings is 2. The van der Waals surface area contributed by atoms with Crippen LogP contribution in [0, 0.1) is 18.2 Å². The van der Waals surface area contributed by atoms with Gasteiger partial charge in [-0.3, -0.25) is 4.90 Å². The molecule has 4 nitrogen and oxygen atoms in total. The fraction of sp³-hybridized carbons (Fsp3) is 0.286. The summed E-state index contributed by atoms with van der Waals surface area (Å²) in [6, 6.07) is 11.4. The maximum atomic E-state index is 13.2. The lowest BCUT2D eigenvalue weighted by Gasteiger charge is -2.33. The summed E-state index contributed by atoms with van der Waals surface area (Å²) >= 11 is 6.12. The first kappa shape index (κ1) is 19.2. The van der Waals surface area contributed by atoms with Crippen LogP contribution in [0.25, 0.3) is 0 Å². The Kier molecular flexibility index (Phi) is 6.33. The van der Waals surface area contributed by atoms with Crippen LogP contribution in [0.4, 0.5) is 14.9 Å². The van der Waals surface area contributed by atoms with Gasteiger partial charge in [0.05, 0.1) is 0 Å². The van der Waals surface area contributed by atoms with Crippen molar-refractivity contribution in [3.05, 3.63) is 64.4 Å². The van der Waals surface area contributed by atoms with Crippen molar-refractivity contribution < 1.29 is 9.18 Å². The van der Waals surface area contributed by atoms with Crippen LogP contribution < -0.4 is 10.6 Å². The van der Waals surface area contributed by atoms with Crippen LogP contribution >= 0.6 is 11.6 Å². The molecule has 2 N–H and O–H groups in total. The van der Waals surface area contributed by atoms with Gasteiger partial charge in [-0.1, -0.05) is 29.7 Å². The van der Waals surface area contributed by atoms with Gasteiger partial charge in [0.15, 0.2) is 0 Å². The molecule has 1 aliphatic heterocycles. The summed E-state index contributed by atoms with van der Waals surface area (Å²) in [5.74, 6) is 2.21. The zero-order chi connectivity index (χ0) is 19.2. The molecule has 0 radical (unpaired) electrons. The zero-order valence-corrected chi connectivity index (χ0v) is 15.6. The summed E-state index contributed by atoms with van der Waals surface area (Å²) in [6.45, 7) is 2.26. The van der Waals surface area contributed by atoms with Crippen LogP contribution in [-0.4, -0.2) is 30.1 Å². The molecule has 2 aromatic rings. The minimum Gasteiger partial charge on any atom is -0.334 e. The van der Waals surface area contributed by atoms with Crippen LogP contribution in [-0.2, 0) is 6.54 Å². The normalized spacial score (nSPS) is 17.1. The Labute approximate surface area is 163 Å². The number of urea groups is 1. The molecule has 0 bridgehead atoms. The van der Waals surface area contributed by atoms with Crippen molar-refractivity contribution in [2.45, 2.75) is 25.4 Å². The van der Waals surface area contributed by atoms with E-state index in [1.807, 2.05) is 6.07 Å². The number of amides is 2. The zero-order valence-electron chi connectivity index (χ0n) is 14.8. The number of halogens is 2. The molecule has 2 amide bonds. The number of nitrogens with one attached hydrogen (secondary N) is 2. The summed E-state index contributed by atoms with van der Waals surface area (Å²) in [6.07, 6.45) is 7.26. The molecule has 1 atom stereocenters. The van der Waals surface area contributed by atoms with Crippen molar-refractivity contribution >= 4 is 23.3 Å². The molecular weight excluding hydrogens is 365 g/mol. The third kappa shape index (κ3) is 5.46. The number of carbonyl (C=O) groups is 1. The Morgan fingerprint density at radius 2 is 2.19 bits per heavy atom. The quantitative estimate of drug-likeness (QED) is 0.773. The molecule has 3 rings (SSSR count). The average Bonchev–Trinajstić information content (AvgIpc) is 2.64. The highest BCUT2D eigenvalue weighted by Gasteiger charge is 2.22. The number of rotatable bonds is 4. The Balaban J connectivity index is 1.54. The lowest BCUT2D eigenvalue weighted by atomic mass is 10.0. The molecule has 0 spiro atoms. The fourth-order valence-electron chi connectivity index (χ4n) is 3.25. The predicted octanol–water partition coefficient (Wildman–Crippen LogP) is 4.25. The maximum absolute atomic E-state index is 13.2. The Morgan fingerprint density at radius 3 is 2.96 bits per heavy atom. The standard InChI is InChI=1S/C21H21ClFN3O/c1-2-15-5-3-6-18(11-15)24-21(27)25-19-7-4-10-26(14-19)13-16-8-9-17(23)12-20(16)22/h1,3,5-6,8-9,11-12,19H,4,7,10,13-14H2,(H2,24,25,27)/t19-/m1/s1. The molecule has 2 aromatic carbocycles. The maximum Gasteiger partial charge on any atom is 0.319 e. The highest BCUT2D eigenvalue weighted by atomic mass is 35.5. The van der Waals surface area contributed by atoms with E-state index in [1.54, 1.807) is 24.3 Å². The van der Waals surface area contributed by atoms with Gasteiger partial charge in [0.2, 0.25) is 0 Å². The van der Waals surface area contributed by atoms with Crippen molar-refractivity contribution in [2.75, 3.05) is 18.4 Å². The van der Waals surface area contributed by atoms with Gasteiger partial charge in [-0.25, -0.2) is 9.18 Å². The first-order valence-corrected chi connectivity index (χ1v) is 9.22. The third-order valence-corrected chi connectivity index (χ3v) is 4.89. The van der Waals surface area contributed by atoms with Crippen LogP contribution in [0.1, 0.15) is 24.0 Å². The van der Waals surface area contributed by atoms with Gasteiger partial charge in [0.1, 0.15) is 5.82 Å². The van der Waals surface area contributed by atoms with Crippen molar-refractivity contribution in [1.82, 2.24) is 10.2 Å². The minimum absolute atomic E-state index is 0.0359. The number of terminal acetylenes is 1. The van der Waals surface area contributed by atoms with Crippen LogP contribution in [0.5, 0.6) is 0 Å². The number of hydrogen-bond donors (Lipinski definition) is 2. The van der Waals surface area contributed by atoms with E-state index in [2.05, 4.69) is 21.5 Å². The monoisotopic (exact) mass is 385 g/mol. The second-order valence-corrected chi connectivity index (χ2v) is 7.04. The lowest BCUT2D eigenvalue weighted by molar-refractivity contribution is 0.183. The van der Waals surface area contributed by atoms with Gasteiger partial charge >= 0.3 is 6.03 Å². The molecule has 1 aliphatic rings. The van der Waals surface area contributed by atoms with E-state index in [-0.39, 0.29) is 17.9 Å². The molecule has 0 aliphatic carbocycles. The van der Waals surface area contributed by atoms with Crippen LogP contribution in [0.3, 0.4) is 0 Å². The highest BCUT2D eigenvalue weighted by molar-refractivity contribution is 6.31. The first-order valence-electron chi connectivity index (χ1n) is 8.84. The molecule has 0 unspecified atom stereocenters. The number of anilines is 1. The van der Waals surface area contributed by atoms with E-state index in [0.717, 1.165) is 24.9 Å². The van der Waals surface area contributed by atoms with E-state index in [4.69, 9.17) is 18.0 Å². The topological polar surface area (TPSA) is 44.4 Å². The smallest absolute Gasteiger partial charge is 0.319 e. The van der Waals surface area contributed by atoms with Crippen molar-refractivity contribution in [3.8, 4) is 12.3 Å². The fourth-order valence-corrected chi connectivity index (χ4v) is 3.47. The summed E-state index contributed by atoms with van der Waals surface area (Å²) < 4.78 is 13.2. The van der Waals surface area contributed by atoms with E-state index in [0.29, 0.717) is 29.4 Å². The second kappa shape index (κ2) is 8.90. The largest absolute Gasteiger partial charge is 0.334 e. The van der Waals surface area contributed by atoms with Crippen molar-refractivity contribution in [2.24, 2.45) is 0 Å². The Bertz CT molecular complexity index is 865. The highest BCUT2D eigenvalue weighted by Crippen LogP contribution is 2.21. The Hall–Kier alpha value is -2.55. The average molecular weight is 386 g/mol. The lowest BCUT2D eigenvalue weighted by Crippen LogP contribution is -2.48. The molecule has 1 saturated heterocycles. The van der Waals surface area contributed by atoms with Gasteiger partial charge in [0, 0.05) is 35.4 Å². The SMILES string of the molecule is C#Cc1cccc(NC(=O)N[C@@H]2CCCN(Cc3ccc(F)cc3Cl)C2)c1. The molecule has 0 aromatic heterocycles. The minimum atomic E-state index is -0.340. The molecule has 27 heavy (non-hydrogen) atoms. The second-order valence-electron chi connectivity index (χ2n) is 6.63. The molecular formula is C21H21ClFN3O. The van der Waals surface area contributed by atoms with Crippen molar-refractivity contribution in [1.29, 1.82) is 0 Å². The Morgan fingerprint density at radius 1 is 1.33 bits per heavy atom. The van der Waals surface area contributed by atoms with E-state index < -0.39 is 0 Å². The summed E-state index contributed by atoms with van der Waals surface area (Å²) in [7, 11) is 0. The molecule has 0 saturated carbocycles. The summed E-state index contributed by atoms with van der Waals surface area (Å²) in [4.78, 5) is 14.5. The molecule has 1 heterocycles. The summed E-state index contributed by atoms with van der Waals surface area (Å²) in [5, 5.41) is 6.25. The molecule has 1 fully saturated rings. The van der Waals surface area contributed by atoms with E-state index in [1.165, 1.54) is 12.1 Å². The number of nitrogens with zero attached hydrogens (tertiary/aromatic N) is 1. The predicted molar refractivity (Wildman–Crippen MR) is 106 cm³/mol. The van der Waals surface area contributed by atoms with E-state index >= 15 is 0 Å². The van der Waals surface area contributed by atoms with Crippen LogP contribution in [0.2, 0.25) is 5.02 Å². The third-order valence-electron chi connectivity index (χ3n) is 4.54. The number of hydrogen-bond acceptors (Lipinski definition) is 2. The van der Waals surface area contributed by atoms with Gasteiger partial charge in [-0.15, -0.1) is 6.42 Å². The van der Waals surface area contributed by atoms with E-state index in [9.17, 15) is 9.18 Å². The molecule has 6 heteroatoms. The van der Waals surface area contributed by atoms with Gasteiger partial charge in [-0.05, 0) is 55.3 Å². The first-order chi connectivity index (χ1) is 13.0. The number of piperidine rings is 1. The molecule has 140 valence electrons. The number of carbonyl (C=O) groups excluding carboxylic acids is 1. The van der Waals surface area contributed by atoms with Gasteiger partial charge in [-0.2, -0.15) is 0 Å².